The molecule has 0 N–H and O–H groups in total. The van der Waals surface area contributed by atoms with Crippen molar-refractivity contribution < 1.29 is 14.3 Å². The maximum atomic E-state index is 13.7. The SMILES string of the molecule is CC(C)CN(CC(=O)N1CCc2sccc2C1COc1ccc(C(C)C)cc1)C(=O)C1CCCC1. The van der Waals surface area contributed by atoms with Crippen LogP contribution in [0.4, 0.5) is 0 Å². The Bertz CT molecular complexity index is 992. The molecule has 0 radical (unpaired) electrons. The van der Waals surface area contributed by atoms with Gasteiger partial charge in [-0.1, -0.05) is 52.7 Å². The zero-order chi connectivity index (χ0) is 24.9. The number of carbonyl (C=O) groups is 2. The topological polar surface area (TPSA) is 49.9 Å². The highest BCUT2D eigenvalue weighted by atomic mass is 32.1. The van der Waals surface area contributed by atoms with Crippen LogP contribution in [0.15, 0.2) is 35.7 Å². The molecule has 1 atom stereocenters. The molecule has 0 saturated heterocycles. The zero-order valence-electron chi connectivity index (χ0n) is 21.7. The predicted octanol–water partition coefficient (Wildman–Crippen LogP) is 6.05. The average Bonchev–Trinajstić information content (AvgIpc) is 3.53. The van der Waals surface area contributed by atoms with Gasteiger partial charge in [0.1, 0.15) is 12.4 Å². The van der Waals surface area contributed by atoms with E-state index in [1.807, 2.05) is 21.9 Å². The van der Waals surface area contributed by atoms with Crippen LogP contribution in [0.5, 0.6) is 5.75 Å². The lowest BCUT2D eigenvalue weighted by Gasteiger charge is -2.37. The van der Waals surface area contributed by atoms with Crippen LogP contribution in [-0.4, -0.2) is 47.9 Å². The zero-order valence-corrected chi connectivity index (χ0v) is 22.5. The quantitative estimate of drug-likeness (QED) is 0.425. The second kappa shape index (κ2) is 11.6. The van der Waals surface area contributed by atoms with Gasteiger partial charge in [0.15, 0.2) is 0 Å². The van der Waals surface area contributed by atoms with Crippen molar-refractivity contribution in [1.82, 2.24) is 9.80 Å². The molecular formula is C29H40N2O3S. The van der Waals surface area contributed by atoms with E-state index in [2.05, 4.69) is 51.3 Å². The minimum absolute atomic E-state index is 0.0256. The molecule has 5 nitrogen and oxygen atoms in total. The van der Waals surface area contributed by atoms with Crippen LogP contribution in [0.2, 0.25) is 0 Å². The molecule has 0 bridgehead atoms. The second-order valence-electron chi connectivity index (χ2n) is 10.8. The van der Waals surface area contributed by atoms with Crippen molar-refractivity contribution in [3.8, 4) is 5.75 Å². The molecule has 1 saturated carbocycles. The third kappa shape index (κ3) is 6.27. The van der Waals surface area contributed by atoms with Gasteiger partial charge >= 0.3 is 0 Å². The highest BCUT2D eigenvalue weighted by molar-refractivity contribution is 7.10. The summed E-state index contributed by atoms with van der Waals surface area (Å²) in [6, 6.07) is 10.2. The first-order valence-electron chi connectivity index (χ1n) is 13.2. The van der Waals surface area contributed by atoms with Gasteiger partial charge in [-0.25, -0.2) is 0 Å². The van der Waals surface area contributed by atoms with Gasteiger partial charge in [-0.05, 0) is 65.8 Å². The van der Waals surface area contributed by atoms with Crippen molar-refractivity contribution in [2.45, 2.75) is 71.8 Å². The number of hydrogen-bond donors (Lipinski definition) is 0. The summed E-state index contributed by atoms with van der Waals surface area (Å²) in [5.41, 5.74) is 2.47. The molecular weight excluding hydrogens is 456 g/mol. The molecule has 1 fully saturated rings. The molecule has 1 aromatic carbocycles. The predicted molar refractivity (Wildman–Crippen MR) is 142 cm³/mol. The molecule has 4 rings (SSSR count). The fourth-order valence-corrected chi connectivity index (χ4v) is 6.29. The van der Waals surface area contributed by atoms with Gasteiger partial charge < -0.3 is 14.5 Å². The van der Waals surface area contributed by atoms with E-state index >= 15 is 0 Å². The van der Waals surface area contributed by atoms with E-state index in [1.165, 1.54) is 16.0 Å². The number of ether oxygens (including phenoxy) is 1. The molecule has 2 aromatic rings. The van der Waals surface area contributed by atoms with Crippen LogP contribution in [0, 0.1) is 11.8 Å². The number of benzene rings is 1. The van der Waals surface area contributed by atoms with Crippen molar-refractivity contribution in [3.63, 3.8) is 0 Å². The van der Waals surface area contributed by atoms with Crippen LogP contribution in [0.3, 0.4) is 0 Å². The van der Waals surface area contributed by atoms with Gasteiger partial charge in [0.05, 0.1) is 12.6 Å². The maximum Gasteiger partial charge on any atom is 0.242 e. The van der Waals surface area contributed by atoms with Gasteiger partial charge in [-0.2, -0.15) is 0 Å². The van der Waals surface area contributed by atoms with Gasteiger partial charge in [0, 0.05) is 23.9 Å². The summed E-state index contributed by atoms with van der Waals surface area (Å²) in [5, 5.41) is 2.11. The molecule has 1 aliphatic carbocycles. The van der Waals surface area contributed by atoms with E-state index < -0.39 is 0 Å². The van der Waals surface area contributed by atoms with Crippen LogP contribution in [0.1, 0.15) is 81.3 Å². The van der Waals surface area contributed by atoms with E-state index in [-0.39, 0.29) is 30.3 Å². The van der Waals surface area contributed by atoms with Crippen LogP contribution >= 0.6 is 11.3 Å². The summed E-state index contributed by atoms with van der Waals surface area (Å²) >= 11 is 1.76. The highest BCUT2D eigenvalue weighted by Crippen LogP contribution is 2.34. The molecule has 1 aromatic heterocycles. The Labute approximate surface area is 214 Å². The molecule has 2 heterocycles. The van der Waals surface area contributed by atoms with E-state index in [9.17, 15) is 9.59 Å². The van der Waals surface area contributed by atoms with E-state index in [0.29, 0.717) is 31.5 Å². The Morgan fingerprint density at radius 1 is 1.09 bits per heavy atom. The second-order valence-corrected chi connectivity index (χ2v) is 11.8. The molecule has 0 spiro atoms. The van der Waals surface area contributed by atoms with Gasteiger partial charge in [0.25, 0.3) is 0 Å². The summed E-state index contributed by atoms with van der Waals surface area (Å²) in [4.78, 5) is 32.0. The number of carbonyl (C=O) groups excluding carboxylic acids is 2. The Hall–Kier alpha value is -2.34. The Balaban J connectivity index is 1.48. The largest absolute Gasteiger partial charge is 0.491 e. The number of thiophene rings is 1. The number of hydrogen-bond acceptors (Lipinski definition) is 4. The highest BCUT2D eigenvalue weighted by Gasteiger charge is 2.35. The summed E-state index contributed by atoms with van der Waals surface area (Å²) < 4.78 is 6.22. The number of fused-ring (bicyclic) bond motifs is 1. The number of nitrogens with zero attached hydrogens (tertiary/aromatic N) is 2. The minimum atomic E-state index is -0.134. The molecule has 1 unspecified atom stereocenters. The Morgan fingerprint density at radius 3 is 2.46 bits per heavy atom. The van der Waals surface area contributed by atoms with Gasteiger partial charge in [0.2, 0.25) is 11.8 Å². The smallest absolute Gasteiger partial charge is 0.242 e. The maximum absolute atomic E-state index is 13.7. The standard InChI is InChI=1S/C29H40N2O3S/c1-20(2)17-30(29(33)23-7-5-6-8-23)18-28(32)31-15-13-27-25(14-16-35-27)26(31)19-34-24-11-9-22(10-12-24)21(3)4/h9-12,14,16,20-21,23,26H,5-8,13,15,17-19H2,1-4H3. The van der Waals surface area contributed by atoms with E-state index in [1.54, 1.807) is 11.3 Å². The molecule has 6 heteroatoms. The minimum Gasteiger partial charge on any atom is -0.491 e. The van der Waals surface area contributed by atoms with Crippen LogP contribution in [0.25, 0.3) is 0 Å². The molecule has 190 valence electrons. The molecule has 2 amide bonds. The average molecular weight is 497 g/mol. The Morgan fingerprint density at radius 2 is 1.80 bits per heavy atom. The van der Waals surface area contributed by atoms with Gasteiger partial charge in [-0.3, -0.25) is 9.59 Å². The Kier molecular flexibility index (Phi) is 8.53. The van der Waals surface area contributed by atoms with E-state index in [0.717, 1.165) is 37.9 Å². The lowest BCUT2D eigenvalue weighted by atomic mass is 10.00. The fraction of sp³-hybridized carbons (Fsp3) is 0.586. The lowest BCUT2D eigenvalue weighted by molar-refractivity contribution is -0.145. The van der Waals surface area contributed by atoms with Crippen molar-refractivity contribution in [2.75, 3.05) is 26.2 Å². The molecule has 35 heavy (non-hydrogen) atoms. The normalized spacial score (nSPS) is 18.2. The molecule has 2 aliphatic rings. The first-order valence-corrected chi connectivity index (χ1v) is 14.1. The summed E-state index contributed by atoms with van der Waals surface area (Å²) in [5.74, 6) is 1.89. The fourth-order valence-electron chi connectivity index (χ4n) is 5.36. The van der Waals surface area contributed by atoms with Crippen LogP contribution < -0.4 is 4.74 Å². The van der Waals surface area contributed by atoms with Gasteiger partial charge in [-0.15, -0.1) is 11.3 Å². The van der Waals surface area contributed by atoms with Crippen molar-refractivity contribution >= 4 is 23.2 Å². The van der Waals surface area contributed by atoms with Crippen molar-refractivity contribution in [2.24, 2.45) is 11.8 Å². The van der Waals surface area contributed by atoms with Crippen molar-refractivity contribution in [1.29, 1.82) is 0 Å². The lowest BCUT2D eigenvalue weighted by Crippen LogP contribution is -2.49. The summed E-state index contributed by atoms with van der Waals surface area (Å²) in [6.45, 7) is 10.4. The first-order chi connectivity index (χ1) is 16.8. The molecule has 1 aliphatic heterocycles. The van der Waals surface area contributed by atoms with E-state index in [4.69, 9.17) is 4.74 Å². The summed E-state index contributed by atoms with van der Waals surface area (Å²) in [7, 11) is 0. The monoisotopic (exact) mass is 496 g/mol. The van der Waals surface area contributed by atoms with Crippen molar-refractivity contribution in [3.05, 3.63) is 51.7 Å². The van der Waals surface area contributed by atoms with Crippen LogP contribution in [-0.2, 0) is 16.0 Å². The third-order valence-electron chi connectivity index (χ3n) is 7.30. The number of rotatable bonds is 9. The first kappa shape index (κ1) is 25.7. The number of amides is 2. The third-order valence-corrected chi connectivity index (χ3v) is 8.29. The summed E-state index contributed by atoms with van der Waals surface area (Å²) in [6.07, 6.45) is 5.00.